The van der Waals surface area contributed by atoms with Crippen molar-refractivity contribution in [2.45, 2.75) is 65.6 Å². The number of carboxylic acids is 1. The molecule has 0 atom stereocenters. The summed E-state index contributed by atoms with van der Waals surface area (Å²) in [5.74, 6) is 0.409. The van der Waals surface area contributed by atoms with Gasteiger partial charge in [-0.1, -0.05) is 45.4 Å². The van der Waals surface area contributed by atoms with E-state index in [2.05, 4.69) is 32.5 Å². The van der Waals surface area contributed by atoms with Crippen molar-refractivity contribution in [3.63, 3.8) is 0 Å². The lowest BCUT2D eigenvalue weighted by Gasteiger charge is -2.65. The van der Waals surface area contributed by atoms with E-state index in [0.717, 1.165) is 30.6 Å². The Hall–Kier alpha value is -3.28. The van der Waals surface area contributed by atoms with E-state index in [4.69, 9.17) is 37.5 Å². The molecule has 0 radical (unpaired) electrons. The van der Waals surface area contributed by atoms with Crippen molar-refractivity contribution >= 4 is 29.2 Å². The number of ether oxygens (including phenoxy) is 3. The second kappa shape index (κ2) is 11.4. The number of halogens is 1. The number of carbonyl (C=O) groups excluding carboxylic acids is 1. The average molecular weight is 555 g/mol. The summed E-state index contributed by atoms with van der Waals surface area (Å²) in [5.41, 5.74) is 1.41. The molecule has 1 amide bonds. The first-order valence-corrected chi connectivity index (χ1v) is 13.5. The molecule has 0 bridgehead atoms. The molecule has 1 aliphatic carbocycles. The Balaban J connectivity index is 1.35. The van der Waals surface area contributed by atoms with Crippen LogP contribution in [0.4, 0.5) is 5.69 Å². The van der Waals surface area contributed by atoms with Crippen LogP contribution in [-0.2, 0) is 16.1 Å². The Kier molecular flexibility index (Phi) is 8.43. The zero-order valence-corrected chi connectivity index (χ0v) is 23.6. The van der Waals surface area contributed by atoms with E-state index in [1.807, 2.05) is 23.1 Å². The van der Waals surface area contributed by atoms with Gasteiger partial charge >= 0.3 is 5.97 Å². The van der Waals surface area contributed by atoms with E-state index in [-0.39, 0.29) is 35.5 Å². The quantitative estimate of drug-likeness (QED) is 0.242. The van der Waals surface area contributed by atoms with Gasteiger partial charge in [-0.15, -0.1) is 0 Å². The molecule has 1 fully saturated rings. The van der Waals surface area contributed by atoms with Gasteiger partial charge in [-0.05, 0) is 55.2 Å². The van der Waals surface area contributed by atoms with Gasteiger partial charge in [-0.3, -0.25) is 4.79 Å². The van der Waals surface area contributed by atoms with Crippen LogP contribution in [0.15, 0.2) is 36.4 Å². The van der Waals surface area contributed by atoms with Crippen LogP contribution < -0.4 is 9.47 Å². The number of aliphatic carboxylic acids is 1. The SMILES string of the molecule is [C-]#[N+]c1ccc(OC2C(C)(C)C(N3Cc4cc(OCCCCCOCC(=O)O)ccc4C3=O)C2(C)C)cc1Cl. The lowest BCUT2D eigenvalue weighted by Crippen LogP contribution is -2.74. The van der Waals surface area contributed by atoms with Gasteiger partial charge in [0.15, 0.2) is 0 Å². The molecule has 1 N–H and O–H groups in total. The third-order valence-corrected chi connectivity index (χ3v) is 8.00. The van der Waals surface area contributed by atoms with Gasteiger partial charge in [0.2, 0.25) is 5.69 Å². The first-order chi connectivity index (χ1) is 18.5. The number of nitrogens with zero attached hydrogens (tertiary/aromatic N) is 2. The molecule has 8 nitrogen and oxygen atoms in total. The van der Waals surface area contributed by atoms with Crippen LogP contribution >= 0.6 is 11.6 Å². The number of hydrogen-bond acceptors (Lipinski definition) is 5. The molecular weight excluding hydrogens is 520 g/mol. The maximum Gasteiger partial charge on any atom is 0.329 e. The molecule has 39 heavy (non-hydrogen) atoms. The van der Waals surface area contributed by atoms with E-state index in [1.54, 1.807) is 18.2 Å². The molecular formula is C30H35ClN2O6. The van der Waals surface area contributed by atoms with Gasteiger partial charge in [0.25, 0.3) is 5.91 Å². The van der Waals surface area contributed by atoms with Gasteiger partial charge in [0, 0.05) is 35.6 Å². The first-order valence-electron chi connectivity index (χ1n) is 13.2. The summed E-state index contributed by atoms with van der Waals surface area (Å²) in [6.45, 7) is 16.9. The van der Waals surface area contributed by atoms with Gasteiger partial charge < -0.3 is 24.2 Å². The van der Waals surface area contributed by atoms with Crippen LogP contribution in [0.25, 0.3) is 4.85 Å². The van der Waals surface area contributed by atoms with Crippen molar-refractivity contribution in [3.05, 3.63) is 64.0 Å². The molecule has 2 aliphatic rings. The summed E-state index contributed by atoms with van der Waals surface area (Å²) >= 11 is 6.23. The second-order valence-corrected chi connectivity index (χ2v) is 11.8. The van der Waals surface area contributed by atoms with E-state index in [1.165, 1.54) is 0 Å². The summed E-state index contributed by atoms with van der Waals surface area (Å²) in [7, 11) is 0. The minimum Gasteiger partial charge on any atom is -0.494 e. The summed E-state index contributed by atoms with van der Waals surface area (Å²) in [6.07, 6.45) is 2.33. The number of unbranched alkanes of at least 4 members (excludes halogenated alkanes) is 2. The number of amides is 1. The van der Waals surface area contributed by atoms with Crippen LogP contribution in [0.5, 0.6) is 11.5 Å². The fourth-order valence-corrected chi connectivity index (χ4v) is 6.67. The van der Waals surface area contributed by atoms with Crippen LogP contribution in [-0.4, -0.2) is 53.8 Å². The lowest BCUT2D eigenvalue weighted by molar-refractivity contribution is -0.199. The molecule has 0 unspecified atom stereocenters. The maximum absolute atomic E-state index is 13.5. The maximum atomic E-state index is 13.5. The Morgan fingerprint density at radius 2 is 1.77 bits per heavy atom. The molecule has 0 spiro atoms. The van der Waals surface area contributed by atoms with Gasteiger partial charge in [0.1, 0.15) is 24.2 Å². The zero-order valence-electron chi connectivity index (χ0n) is 22.8. The van der Waals surface area contributed by atoms with Crippen molar-refractivity contribution in [1.82, 2.24) is 4.90 Å². The predicted molar refractivity (Wildman–Crippen MR) is 148 cm³/mol. The van der Waals surface area contributed by atoms with E-state index in [0.29, 0.717) is 41.8 Å². The minimum absolute atomic E-state index is 0.0203. The minimum atomic E-state index is -0.959. The van der Waals surface area contributed by atoms with Crippen molar-refractivity contribution in [3.8, 4) is 11.5 Å². The zero-order chi connectivity index (χ0) is 28.4. The summed E-state index contributed by atoms with van der Waals surface area (Å²) in [6, 6.07) is 10.7. The standard InChI is InChI=1S/C30H35ClN2O6/c1-29(2)27(30(3,4)28(29)39-21-10-12-24(32-5)23(31)16-21)33-17-19-15-20(9-11-22(19)26(33)36)38-14-8-6-7-13-37-18-25(34)35/h9-12,15-16,27-28H,6-8,13-14,17-18H2,1-4H3,(H,34,35). The number of rotatable bonds is 12. The Bertz CT molecular complexity index is 1270. The predicted octanol–water partition coefficient (Wildman–Crippen LogP) is 6.38. The highest BCUT2D eigenvalue weighted by Crippen LogP contribution is 2.59. The summed E-state index contributed by atoms with van der Waals surface area (Å²) in [5, 5.41) is 8.94. The van der Waals surface area contributed by atoms with Crippen molar-refractivity contribution in [2.24, 2.45) is 10.8 Å². The third-order valence-electron chi connectivity index (χ3n) is 7.70. The van der Waals surface area contributed by atoms with Gasteiger partial charge in [-0.2, -0.15) is 0 Å². The number of fused-ring (bicyclic) bond motifs is 1. The van der Waals surface area contributed by atoms with Crippen molar-refractivity contribution in [1.29, 1.82) is 0 Å². The van der Waals surface area contributed by atoms with E-state index < -0.39 is 5.97 Å². The smallest absolute Gasteiger partial charge is 0.329 e. The topological polar surface area (TPSA) is 89.7 Å². The van der Waals surface area contributed by atoms with E-state index >= 15 is 0 Å². The van der Waals surface area contributed by atoms with Gasteiger partial charge in [0.05, 0.1) is 18.2 Å². The molecule has 208 valence electrons. The molecule has 0 saturated heterocycles. The van der Waals surface area contributed by atoms with Crippen LogP contribution in [0, 0.1) is 17.4 Å². The monoisotopic (exact) mass is 554 g/mol. The molecule has 4 rings (SSSR count). The highest BCUT2D eigenvalue weighted by atomic mass is 35.5. The number of carboxylic acid groups (broad SMARTS) is 1. The van der Waals surface area contributed by atoms with Crippen molar-refractivity contribution < 1.29 is 28.9 Å². The summed E-state index contributed by atoms with van der Waals surface area (Å²) in [4.78, 5) is 29.3. The van der Waals surface area contributed by atoms with Crippen LogP contribution in [0.1, 0.15) is 62.9 Å². The summed E-state index contributed by atoms with van der Waals surface area (Å²) < 4.78 is 17.4. The Labute approximate surface area is 234 Å². The fraction of sp³-hybridized carbons (Fsp3) is 0.500. The lowest BCUT2D eigenvalue weighted by atomic mass is 9.49. The van der Waals surface area contributed by atoms with Crippen LogP contribution in [0.3, 0.4) is 0 Å². The Morgan fingerprint density at radius 3 is 2.44 bits per heavy atom. The Morgan fingerprint density at radius 1 is 1.08 bits per heavy atom. The molecule has 1 aliphatic heterocycles. The first kappa shape index (κ1) is 28.7. The molecule has 1 saturated carbocycles. The van der Waals surface area contributed by atoms with Gasteiger partial charge in [-0.25, -0.2) is 9.64 Å². The molecule has 0 aromatic heterocycles. The van der Waals surface area contributed by atoms with Crippen LogP contribution in [0.2, 0.25) is 5.02 Å². The van der Waals surface area contributed by atoms with E-state index in [9.17, 15) is 9.59 Å². The molecule has 2 aromatic carbocycles. The molecule has 2 aromatic rings. The fourth-order valence-electron chi connectivity index (χ4n) is 6.45. The number of hydrogen-bond donors (Lipinski definition) is 1. The molecule has 9 heteroatoms. The third kappa shape index (κ3) is 5.85. The molecule has 1 heterocycles. The highest BCUT2D eigenvalue weighted by Gasteiger charge is 2.66. The number of carbonyl (C=O) groups is 2. The average Bonchev–Trinajstić information content (AvgIpc) is 3.18. The van der Waals surface area contributed by atoms with Crippen molar-refractivity contribution in [2.75, 3.05) is 19.8 Å². The largest absolute Gasteiger partial charge is 0.494 e. The highest BCUT2D eigenvalue weighted by molar-refractivity contribution is 6.33. The normalized spacial score (nSPS) is 20.6. The number of benzene rings is 2. The second-order valence-electron chi connectivity index (χ2n) is 11.4.